The van der Waals surface area contributed by atoms with Gasteiger partial charge in [0.1, 0.15) is 5.75 Å². The summed E-state index contributed by atoms with van der Waals surface area (Å²) in [5.74, 6) is 0.152. The van der Waals surface area contributed by atoms with E-state index in [9.17, 15) is 4.57 Å². The van der Waals surface area contributed by atoms with Gasteiger partial charge in [0.15, 0.2) is 3.78 Å². The summed E-state index contributed by atoms with van der Waals surface area (Å²) in [7, 11) is -4.59. The second kappa shape index (κ2) is 10.1. The lowest BCUT2D eigenvalue weighted by Crippen LogP contribution is -2.42. The van der Waals surface area contributed by atoms with Gasteiger partial charge in [-0.15, -0.1) is 0 Å². The van der Waals surface area contributed by atoms with Gasteiger partial charge in [-0.3, -0.25) is 0 Å². The molecule has 156 valence electrons. The van der Waals surface area contributed by atoms with Crippen LogP contribution in [0, 0.1) is 5.41 Å². The molecule has 0 saturated carbocycles. The van der Waals surface area contributed by atoms with Crippen LogP contribution in [0.3, 0.4) is 0 Å². The summed E-state index contributed by atoms with van der Waals surface area (Å²) in [5, 5.41) is 0.337. The molecule has 0 amide bonds. The monoisotopic (exact) mass is 690 g/mol. The zero-order chi connectivity index (χ0) is 21.1. The number of hydrogen-bond donors (Lipinski definition) is 0. The fraction of sp³-hybridized carbons (Fsp3) is 0.571. The number of hydrogen-bond acceptors (Lipinski definition) is 4. The Bertz CT molecular complexity index is 642. The number of para-hydroxylation sites is 1. The predicted octanol–water partition coefficient (Wildman–Crippen LogP) is 8.62. The molecule has 0 spiro atoms. The van der Waals surface area contributed by atoms with E-state index in [1.165, 1.54) is 12.1 Å². The summed E-state index contributed by atoms with van der Waals surface area (Å²) in [6, 6.07) is 8.09. The van der Waals surface area contributed by atoms with Gasteiger partial charge in [-0.05, 0) is 12.1 Å². The molecule has 2 atom stereocenters. The maximum atomic E-state index is 13.4. The first-order valence-corrected chi connectivity index (χ1v) is 13.5. The molecule has 13 heteroatoms. The number of phosphoric acid groups is 1. The fourth-order valence-corrected chi connectivity index (χ4v) is 5.76. The molecule has 0 bridgehead atoms. The number of phosphoric ester groups is 1. The highest BCUT2D eigenvalue weighted by Crippen LogP contribution is 2.64. The molecule has 0 radical (unpaired) electrons. The smallest absolute Gasteiger partial charge is 0.404 e. The summed E-state index contributed by atoms with van der Waals surface area (Å²) >= 11 is 40.6. The highest BCUT2D eigenvalue weighted by Gasteiger charge is 2.57. The third kappa shape index (κ3) is 7.31. The summed E-state index contributed by atoms with van der Waals surface area (Å²) in [4.78, 5) is 0. The Hall–Kier alpha value is 2.06. The van der Waals surface area contributed by atoms with Crippen LogP contribution in [-0.2, 0) is 13.6 Å². The molecule has 0 heterocycles. The van der Waals surface area contributed by atoms with E-state index in [-0.39, 0.29) is 11.1 Å². The van der Waals surface area contributed by atoms with Gasteiger partial charge in [-0.25, -0.2) is 13.6 Å². The van der Waals surface area contributed by atoms with Crippen LogP contribution < -0.4 is 4.52 Å². The molecule has 0 aromatic heterocycles. The number of benzene rings is 1. The summed E-state index contributed by atoms with van der Waals surface area (Å²) in [6.45, 7) is 3.36. The maximum absolute atomic E-state index is 13.4. The van der Waals surface area contributed by atoms with Crippen LogP contribution >= 0.6 is 114 Å². The van der Waals surface area contributed by atoms with E-state index < -0.39 is 26.1 Å². The van der Waals surface area contributed by atoms with Crippen molar-refractivity contribution in [2.24, 2.45) is 5.41 Å². The van der Waals surface area contributed by atoms with Gasteiger partial charge >= 0.3 is 7.82 Å². The summed E-state index contributed by atoms with van der Waals surface area (Å²) < 4.78 is 23.7. The van der Waals surface area contributed by atoms with Crippen molar-refractivity contribution >= 4 is 114 Å². The second-order valence-corrected chi connectivity index (χ2v) is 13.5. The van der Waals surface area contributed by atoms with Crippen LogP contribution in [0.25, 0.3) is 0 Å². The van der Waals surface area contributed by atoms with E-state index in [4.69, 9.17) is 71.6 Å². The number of alkyl halides is 8. The molecule has 0 saturated heterocycles. The molecule has 0 aliphatic carbocycles. The second-order valence-electron chi connectivity index (χ2n) is 5.92. The first kappa shape index (κ1) is 27.1. The van der Waals surface area contributed by atoms with Crippen molar-refractivity contribution in [3.8, 4) is 5.75 Å². The Kier molecular flexibility index (Phi) is 10.2. The van der Waals surface area contributed by atoms with E-state index in [2.05, 4.69) is 47.8 Å². The lowest BCUT2D eigenvalue weighted by molar-refractivity contribution is 0.0557. The number of halogens is 8. The van der Waals surface area contributed by atoms with Gasteiger partial charge in [0.2, 0.25) is 4.52 Å². The van der Waals surface area contributed by atoms with E-state index >= 15 is 0 Å². The van der Waals surface area contributed by atoms with Crippen molar-refractivity contribution in [3.63, 3.8) is 0 Å². The standard InChI is InChI=1S/C14H15Br3Cl5O4P/c1-11(2,8-15)13(19,20)25-27(23,24-10-6-4-3-5-7-10)26-14(21,22)12(17,18)9-16/h3-7H,8-9H2,1-2H3. The molecule has 27 heavy (non-hydrogen) atoms. The minimum atomic E-state index is -4.59. The lowest BCUT2D eigenvalue weighted by Gasteiger charge is -2.39. The third-order valence-electron chi connectivity index (χ3n) is 3.13. The Morgan fingerprint density at radius 1 is 0.926 bits per heavy atom. The van der Waals surface area contributed by atoms with Gasteiger partial charge < -0.3 is 4.52 Å². The minimum absolute atomic E-state index is 0.0275. The maximum Gasteiger partial charge on any atom is 0.535 e. The molecule has 4 nitrogen and oxygen atoms in total. The first-order chi connectivity index (χ1) is 12.1. The van der Waals surface area contributed by atoms with Crippen molar-refractivity contribution < 1.29 is 18.1 Å². The molecule has 1 aromatic carbocycles. The molecule has 2 unspecified atom stereocenters. The molecule has 1 aromatic rings. The zero-order valence-electron chi connectivity index (χ0n) is 13.9. The number of rotatable bonds is 10. The lowest BCUT2D eigenvalue weighted by atomic mass is 9.98. The van der Waals surface area contributed by atoms with Crippen molar-refractivity contribution in [2.45, 2.75) is 26.7 Å². The molecule has 0 aliphatic rings. The van der Waals surface area contributed by atoms with E-state index in [0.29, 0.717) is 5.33 Å². The average Bonchev–Trinajstić information content (AvgIpc) is 2.53. The van der Waals surface area contributed by atoms with Gasteiger partial charge in [-0.2, -0.15) is 0 Å². The van der Waals surface area contributed by atoms with Gasteiger partial charge in [0.05, 0.1) is 0 Å². The molecule has 0 N–H and O–H groups in total. The van der Waals surface area contributed by atoms with E-state index in [1.807, 2.05) is 0 Å². The van der Waals surface area contributed by atoms with Gasteiger partial charge in [0.25, 0.3) is 4.52 Å². The highest BCUT2D eigenvalue weighted by atomic mass is 79.9. The topological polar surface area (TPSA) is 44.8 Å². The van der Waals surface area contributed by atoms with Crippen LogP contribution in [0.1, 0.15) is 13.8 Å². The van der Waals surface area contributed by atoms with Crippen LogP contribution in [0.15, 0.2) is 30.3 Å². The Balaban J connectivity index is 3.30. The van der Waals surface area contributed by atoms with Crippen molar-refractivity contribution in [3.05, 3.63) is 30.3 Å². The van der Waals surface area contributed by atoms with Crippen LogP contribution in [-0.4, -0.2) is 23.5 Å². The normalized spacial score (nSPS) is 17.9. The largest absolute Gasteiger partial charge is 0.535 e. The van der Waals surface area contributed by atoms with Gasteiger partial charge in [-0.1, -0.05) is 138 Å². The van der Waals surface area contributed by atoms with Crippen molar-refractivity contribution in [1.29, 1.82) is 0 Å². The quantitative estimate of drug-likeness (QED) is 0.182. The average molecular weight is 695 g/mol. The van der Waals surface area contributed by atoms with Crippen LogP contribution in [0.2, 0.25) is 0 Å². The van der Waals surface area contributed by atoms with Crippen molar-refractivity contribution in [2.75, 3.05) is 10.7 Å². The molecular formula is C14H15Br3Cl5O4P. The predicted molar refractivity (Wildman–Crippen MR) is 125 cm³/mol. The Morgan fingerprint density at radius 2 is 1.41 bits per heavy atom. The third-order valence-corrected chi connectivity index (χ3v) is 12.2. The fourth-order valence-electron chi connectivity index (χ4n) is 1.29. The van der Waals surface area contributed by atoms with E-state index in [1.54, 1.807) is 32.0 Å². The van der Waals surface area contributed by atoms with Crippen molar-refractivity contribution in [1.82, 2.24) is 0 Å². The molecule has 1 rings (SSSR count). The molecule has 0 fully saturated rings. The SMILES string of the molecule is CC(C)(CBr)C(Cl)(Cl)OP(=O)(Oc1ccccc1)OC(Cl)(Cl)C(Cl)(Br)CBr. The molecule has 0 aliphatic heterocycles. The van der Waals surface area contributed by atoms with Crippen LogP contribution in [0.5, 0.6) is 5.75 Å². The van der Waals surface area contributed by atoms with E-state index in [0.717, 1.165) is 0 Å². The Labute approximate surface area is 208 Å². The summed E-state index contributed by atoms with van der Waals surface area (Å²) in [5.41, 5.74) is -0.904. The van der Waals surface area contributed by atoms with Crippen LogP contribution in [0.4, 0.5) is 0 Å². The minimum Gasteiger partial charge on any atom is -0.404 e. The zero-order valence-corrected chi connectivity index (χ0v) is 23.3. The molecular weight excluding hydrogens is 680 g/mol. The first-order valence-electron chi connectivity index (χ1n) is 7.13. The van der Waals surface area contributed by atoms with Gasteiger partial charge in [0, 0.05) is 16.1 Å². The Morgan fingerprint density at radius 3 is 1.85 bits per heavy atom. The summed E-state index contributed by atoms with van der Waals surface area (Å²) in [6.07, 6.45) is 0. The highest BCUT2D eigenvalue weighted by molar-refractivity contribution is 9.12.